The Labute approximate surface area is 146 Å². The smallest absolute Gasteiger partial charge is 0.336 e. The minimum Gasteiger partial charge on any atom is -0.455 e. The molecule has 0 aromatic rings. The monoisotopic (exact) mass is 332 g/mol. The van der Waals surface area contributed by atoms with Gasteiger partial charge in [-0.05, 0) is 75.5 Å². The summed E-state index contributed by atoms with van der Waals surface area (Å²) >= 11 is 0. The number of hydrogen-bond acceptors (Lipinski definition) is 3. The molecule has 0 unspecified atom stereocenters. The van der Waals surface area contributed by atoms with Crippen molar-refractivity contribution in [2.75, 3.05) is 6.61 Å². The maximum Gasteiger partial charge on any atom is 0.336 e. The third kappa shape index (κ3) is 3.05. The van der Waals surface area contributed by atoms with E-state index >= 15 is 0 Å². The second-order valence-electron chi connectivity index (χ2n) is 9.05. The van der Waals surface area contributed by atoms with Crippen molar-refractivity contribution in [3.05, 3.63) is 12.2 Å². The van der Waals surface area contributed by atoms with Gasteiger partial charge in [0.05, 0.1) is 18.3 Å². The zero-order chi connectivity index (χ0) is 16.7. The van der Waals surface area contributed by atoms with Gasteiger partial charge in [0.15, 0.2) is 0 Å². The highest BCUT2D eigenvalue weighted by Crippen LogP contribution is 2.59. The first kappa shape index (κ1) is 16.6. The molecule has 0 saturated heterocycles. The average molecular weight is 332 g/mol. The summed E-state index contributed by atoms with van der Waals surface area (Å²) < 4.78 is 12.0. The van der Waals surface area contributed by atoms with Crippen molar-refractivity contribution < 1.29 is 14.3 Å². The molecular weight excluding hydrogens is 300 g/mol. The van der Waals surface area contributed by atoms with E-state index in [0.717, 1.165) is 24.7 Å². The van der Waals surface area contributed by atoms with Gasteiger partial charge >= 0.3 is 5.97 Å². The molecule has 0 spiro atoms. The summed E-state index contributed by atoms with van der Waals surface area (Å²) in [5.74, 6) is 2.67. The Morgan fingerprint density at radius 2 is 1.58 bits per heavy atom. The highest BCUT2D eigenvalue weighted by Gasteiger charge is 2.57. The largest absolute Gasteiger partial charge is 0.455 e. The molecular formula is C21H32O3. The number of ether oxygens (including phenoxy) is 2. The van der Waals surface area contributed by atoms with Crippen LogP contribution in [0.1, 0.15) is 71.1 Å². The summed E-state index contributed by atoms with van der Waals surface area (Å²) in [6.45, 7) is 6.47. The summed E-state index contributed by atoms with van der Waals surface area (Å²) in [6.07, 6.45) is 12.8. The molecule has 0 amide bonds. The first-order chi connectivity index (χ1) is 11.5. The fraction of sp³-hybridized carbons (Fsp3) is 0.857. The van der Waals surface area contributed by atoms with Crippen LogP contribution in [0.4, 0.5) is 0 Å². The molecule has 5 rings (SSSR count). The van der Waals surface area contributed by atoms with Crippen LogP contribution in [-0.4, -0.2) is 24.3 Å². The second kappa shape index (κ2) is 6.48. The van der Waals surface area contributed by atoms with Crippen LogP contribution in [0.3, 0.4) is 0 Å². The summed E-state index contributed by atoms with van der Waals surface area (Å²) in [6, 6.07) is 0. The van der Waals surface area contributed by atoms with Crippen LogP contribution in [0.5, 0.6) is 0 Å². The lowest BCUT2D eigenvalue weighted by Crippen LogP contribution is -2.58. The molecule has 3 heteroatoms. The lowest BCUT2D eigenvalue weighted by atomic mass is 9.50. The van der Waals surface area contributed by atoms with Gasteiger partial charge in [-0.3, -0.25) is 0 Å². The van der Waals surface area contributed by atoms with Crippen LogP contribution in [0.25, 0.3) is 0 Å². The third-order valence-corrected chi connectivity index (χ3v) is 7.41. The Morgan fingerprint density at radius 3 is 2.17 bits per heavy atom. The molecule has 0 aromatic carbocycles. The van der Waals surface area contributed by atoms with Gasteiger partial charge in [-0.15, -0.1) is 0 Å². The first-order valence-electron chi connectivity index (χ1n) is 10.1. The summed E-state index contributed by atoms with van der Waals surface area (Å²) in [4.78, 5) is 12.6. The summed E-state index contributed by atoms with van der Waals surface area (Å²) in [5, 5.41) is 0. The van der Waals surface area contributed by atoms with Crippen molar-refractivity contribution >= 4 is 5.97 Å². The predicted molar refractivity (Wildman–Crippen MR) is 93.5 cm³/mol. The van der Waals surface area contributed by atoms with Crippen LogP contribution in [-0.2, 0) is 14.3 Å². The highest BCUT2D eigenvalue weighted by molar-refractivity contribution is 5.88. The van der Waals surface area contributed by atoms with E-state index in [1.54, 1.807) is 0 Å². The van der Waals surface area contributed by atoms with E-state index in [2.05, 4.69) is 13.5 Å². The first-order valence-corrected chi connectivity index (χ1v) is 10.1. The average Bonchev–Trinajstić information content (AvgIpc) is 2.58. The topological polar surface area (TPSA) is 35.5 Å². The lowest BCUT2D eigenvalue weighted by molar-refractivity contribution is -0.200. The van der Waals surface area contributed by atoms with Gasteiger partial charge in [0.1, 0.15) is 5.60 Å². The minimum atomic E-state index is -0.266. The van der Waals surface area contributed by atoms with Crippen molar-refractivity contribution in [2.24, 2.45) is 23.7 Å². The van der Waals surface area contributed by atoms with Crippen LogP contribution in [0, 0.1) is 23.7 Å². The molecule has 0 heterocycles. The Kier molecular flexibility index (Phi) is 4.49. The second-order valence-corrected chi connectivity index (χ2v) is 9.05. The highest BCUT2D eigenvalue weighted by atomic mass is 16.6. The van der Waals surface area contributed by atoms with Crippen LogP contribution in [0.2, 0.25) is 0 Å². The lowest BCUT2D eigenvalue weighted by Gasteiger charge is -2.59. The Morgan fingerprint density at radius 1 is 1.00 bits per heavy atom. The number of esters is 1. The molecule has 134 valence electrons. The number of hydrogen-bond donors (Lipinski definition) is 0. The minimum absolute atomic E-state index is 0.221. The molecule has 0 aromatic heterocycles. The SMILES string of the molecule is C=C(COC1CCCCC1)C(=O)OC1(C)C2CC3CC(C2)CC1C3. The van der Waals surface area contributed by atoms with Gasteiger partial charge in [-0.1, -0.05) is 25.8 Å². The summed E-state index contributed by atoms with van der Waals surface area (Å²) in [5.41, 5.74) is 0.230. The Hall–Kier alpha value is -0.830. The normalized spacial score (nSPS) is 41.4. The number of carbonyl (C=O) groups is 1. The van der Waals surface area contributed by atoms with E-state index in [4.69, 9.17) is 9.47 Å². The van der Waals surface area contributed by atoms with Gasteiger partial charge < -0.3 is 9.47 Å². The van der Waals surface area contributed by atoms with Crippen LogP contribution < -0.4 is 0 Å². The molecule has 5 saturated carbocycles. The summed E-state index contributed by atoms with van der Waals surface area (Å²) in [7, 11) is 0. The molecule has 0 radical (unpaired) electrons. The van der Waals surface area contributed by atoms with E-state index in [1.165, 1.54) is 51.4 Å². The molecule has 4 bridgehead atoms. The zero-order valence-corrected chi connectivity index (χ0v) is 15.1. The van der Waals surface area contributed by atoms with Gasteiger partial charge in [0.25, 0.3) is 0 Å². The van der Waals surface area contributed by atoms with E-state index in [-0.39, 0.29) is 11.6 Å². The standard InChI is InChI=1S/C21H32O3/c1-14(13-23-19-6-4-3-5-7-19)20(22)24-21(2)17-9-15-8-16(11-17)12-18(21)10-15/h15-19H,1,3-13H2,2H3. The zero-order valence-electron chi connectivity index (χ0n) is 15.1. The van der Waals surface area contributed by atoms with Crippen molar-refractivity contribution in [3.8, 4) is 0 Å². The third-order valence-electron chi connectivity index (χ3n) is 7.41. The fourth-order valence-electron chi connectivity index (χ4n) is 6.07. The molecule has 3 nitrogen and oxygen atoms in total. The molecule has 0 aliphatic heterocycles. The Bertz CT molecular complexity index is 475. The van der Waals surface area contributed by atoms with Crippen molar-refractivity contribution in [1.82, 2.24) is 0 Å². The van der Waals surface area contributed by atoms with Gasteiger partial charge in [0.2, 0.25) is 0 Å². The quantitative estimate of drug-likeness (QED) is 0.543. The van der Waals surface area contributed by atoms with Gasteiger partial charge in [0, 0.05) is 0 Å². The number of carbonyl (C=O) groups excluding carboxylic acids is 1. The molecule has 0 N–H and O–H groups in total. The molecule has 5 aliphatic carbocycles. The Balaban J connectivity index is 1.32. The van der Waals surface area contributed by atoms with E-state index in [9.17, 15) is 4.79 Å². The molecule has 24 heavy (non-hydrogen) atoms. The molecule has 5 fully saturated rings. The van der Waals surface area contributed by atoms with E-state index < -0.39 is 0 Å². The van der Waals surface area contributed by atoms with Crippen LogP contribution in [0.15, 0.2) is 12.2 Å². The maximum atomic E-state index is 12.6. The number of rotatable bonds is 5. The van der Waals surface area contributed by atoms with Crippen molar-refractivity contribution in [2.45, 2.75) is 82.8 Å². The predicted octanol–water partition coefficient (Wildman–Crippen LogP) is 4.65. The fourth-order valence-corrected chi connectivity index (χ4v) is 6.07. The maximum absolute atomic E-state index is 12.6. The van der Waals surface area contributed by atoms with E-state index in [0.29, 0.717) is 30.1 Å². The van der Waals surface area contributed by atoms with Crippen molar-refractivity contribution in [1.29, 1.82) is 0 Å². The van der Waals surface area contributed by atoms with Gasteiger partial charge in [-0.2, -0.15) is 0 Å². The molecule has 5 aliphatic rings. The van der Waals surface area contributed by atoms with Crippen LogP contribution >= 0.6 is 0 Å². The van der Waals surface area contributed by atoms with Gasteiger partial charge in [-0.25, -0.2) is 4.79 Å². The molecule has 0 atom stereocenters. The van der Waals surface area contributed by atoms with E-state index in [1.807, 2.05) is 0 Å². The van der Waals surface area contributed by atoms with Crippen molar-refractivity contribution in [3.63, 3.8) is 0 Å².